The fraction of sp³-hybridized carbons (Fsp3) is 0.867. The van der Waals surface area contributed by atoms with Gasteiger partial charge in [-0.15, -0.1) is 0 Å². The van der Waals surface area contributed by atoms with Gasteiger partial charge in [0.15, 0.2) is 5.82 Å². The minimum absolute atomic E-state index is 0.341. The normalized spacial score (nSPS) is 27.3. The number of rotatable bonds is 3. The van der Waals surface area contributed by atoms with Crippen LogP contribution in [0.1, 0.15) is 77.1 Å². The Balaban J connectivity index is 1.98. The average molecular weight is 281 g/mol. The van der Waals surface area contributed by atoms with Crippen LogP contribution in [0.25, 0.3) is 0 Å². The zero-order chi connectivity index (χ0) is 14.9. The quantitative estimate of drug-likeness (QED) is 0.889. The van der Waals surface area contributed by atoms with Gasteiger partial charge in [0.1, 0.15) is 6.04 Å². The summed E-state index contributed by atoms with van der Waals surface area (Å²) in [6.45, 7) is 8.56. The second-order valence-electron chi connectivity index (χ2n) is 7.17. The Morgan fingerprint density at radius 3 is 2.35 bits per heavy atom. The van der Waals surface area contributed by atoms with Crippen LogP contribution < -0.4 is 5.73 Å². The Hall–Kier alpha value is -0.940. The topological polar surface area (TPSA) is 85.2 Å². The molecule has 1 aromatic rings. The summed E-state index contributed by atoms with van der Waals surface area (Å²) in [7, 11) is 0. The van der Waals surface area contributed by atoms with E-state index >= 15 is 0 Å². The monoisotopic (exact) mass is 281 g/mol. The van der Waals surface area contributed by atoms with E-state index in [1.807, 2.05) is 0 Å². The molecule has 2 rings (SSSR count). The van der Waals surface area contributed by atoms with E-state index in [9.17, 15) is 5.11 Å². The molecule has 1 aliphatic rings. The van der Waals surface area contributed by atoms with E-state index in [1.54, 1.807) is 6.92 Å². The summed E-state index contributed by atoms with van der Waals surface area (Å²) >= 11 is 0. The van der Waals surface area contributed by atoms with Gasteiger partial charge in [-0.25, -0.2) is 0 Å². The molecule has 5 heteroatoms. The van der Waals surface area contributed by atoms with Gasteiger partial charge in [0.05, 0.1) is 6.10 Å². The second kappa shape index (κ2) is 5.82. The lowest BCUT2D eigenvalue weighted by atomic mass is 9.70. The highest BCUT2D eigenvalue weighted by molar-refractivity contribution is 5.01. The zero-order valence-corrected chi connectivity index (χ0v) is 13.0. The molecule has 0 aliphatic heterocycles. The molecule has 3 N–H and O–H groups in total. The van der Waals surface area contributed by atoms with Crippen molar-refractivity contribution in [3.8, 4) is 0 Å². The van der Waals surface area contributed by atoms with Crippen molar-refractivity contribution in [1.82, 2.24) is 10.1 Å². The predicted octanol–water partition coefficient (Wildman–Crippen LogP) is 2.77. The molecule has 1 fully saturated rings. The highest BCUT2D eigenvalue weighted by Crippen LogP contribution is 2.42. The molecular weight excluding hydrogens is 254 g/mol. The molecule has 20 heavy (non-hydrogen) atoms. The van der Waals surface area contributed by atoms with Crippen molar-refractivity contribution in [2.75, 3.05) is 0 Å². The van der Waals surface area contributed by atoms with Crippen LogP contribution in [-0.2, 0) is 0 Å². The van der Waals surface area contributed by atoms with Crippen molar-refractivity contribution in [2.45, 2.75) is 71.4 Å². The molecule has 114 valence electrons. The molecule has 0 radical (unpaired) electrons. The molecular formula is C15H27N3O2. The van der Waals surface area contributed by atoms with Crippen molar-refractivity contribution in [1.29, 1.82) is 0 Å². The van der Waals surface area contributed by atoms with E-state index in [2.05, 4.69) is 30.9 Å². The summed E-state index contributed by atoms with van der Waals surface area (Å²) in [5.74, 6) is 2.23. The Labute approximate surface area is 120 Å². The van der Waals surface area contributed by atoms with Crippen LogP contribution in [-0.4, -0.2) is 21.4 Å². The van der Waals surface area contributed by atoms with Crippen LogP contribution in [0.5, 0.6) is 0 Å². The Morgan fingerprint density at radius 1 is 1.25 bits per heavy atom. The largest absolute Gasteiger partial charge is 0.391 e. The van der Waals surface area contributed by atoms with E-state index in [-0.39, 0.29) is 0 Å². The van der Waals surface area contributed by atoms with Crippen molar-refractivity contribution in [3.63, 3.8) is 0 Å². The molecule has 1 saturated carbocycles. The number of nitrogens with zero attached hydrogens (tertiary/aromatic N) is 2. The van der Waals surface area contributed by atoms with Gasteiger partial charge in [-0.1, -0.05) is 25.9 Å². The summed E-state index contributed by atoms with van der Waals surface area (Å²) in [6, 6.07) is -0.595. The number of hydrogen-bond acceptors (Lipinski definition) is 5. The van der Waals surface area contributed by atoms with Gasteiger partial charge in [0.2, 0.25) is 5.89 Å². The molecule has 1 aliphatic carbocycles. The first kappa shape index (κ1) is 15.4. The van der Waals surface area contributed by atoms with E-state index in [4.69, 9.17) is 10.3 Å². The SMILES string of the molecule is CC(O)C(N)c1nc(C2CCC(C(C)(C)C)CC2)no1. The number of hydrogen-bond donors (Lipinski definition) is 2. The van der Waals surface area contributed by atoms with E-state index in [0.717, 1.165) is 24.6 Å². The molecule has 1 aromatic heterocycles. The lowest BCUT2D eigenvalue weighted by Crippen LogP contribution is -2.26. The third-order valence-corrected chi connectivity index (χ3v) is 4.58. The average Bonchev–Trinajstić information content (AvgIpc) is 2.86. The highest BCUT2D eigenvalue weighted by atomic mass is 16.5. The first-order valence-electron chi connectivity index (χ1n) is 7.56. The summed E-state index contributed by atoms with van der Waals surface area (Å²) in [6.07, 6.45) is 3.94. The van der Waals surface area contributed by atoms with Crippen LogP contribution in [0.15, 0.2) is 4.52 Å². The minimum atomic E-state index is -0.681. The Morgan fingerprint density at radius 2 is 1.85 bits per heavy atom. The van der Waals surface area contributed by atoms with Gasteiger partial charge >= 0.3 is 0 Å². The molecule has 2 unspecified atom stereocenters. The summed E-state index contributed by atoms with van der Waals surface area (Å²) in [4.78, 5) is 4.38. The third-order valence-electron chi connectivity index (χ3n) is 4.58. The van der Waals surface area contributed by atoms with Gasteiger partial charge in [0, 0.05) is 5.92 Å². The number of aliphatic hydroxyl groups excluding tert-OH is 1. The van der Waals surface area contributed by atoms with Crippen LogP contribution >= 0.6 is 0 Å². The van der Waals surface area contributed by atoms with Crippen molar-refractivity contribution >= 4 is 0 Å². The number of aliphatic hydroxyl groups is 1. The molecule has 1 heterocycles. The number of nitrogens with two attached hydrogens (primary N) is 1. The standard InChI is InChI=1S/C15H27N3O2/c1-9(19)12(16)14-17-13(18-20-14)10-5-7-11(8-6-10)15(2,3)4/h9-12,19H,5-8,16H2,1-4H3. The van der Waals surface area contributed by atoms with Gasteiger partial charge in [-0.05, 0) is 43.9 Å². The molecule has 0 spiro atoms. The molecule has 0 bridgehead atoms. The summed E-state index contributed by atoms with van der Waals surface area (Å²) < 4.78 is 5.19. The van der Waals surface area contributed by atoms with Crippen molar-refractivity contribution in [3.05, 3.63) is 11.7 Å². The first-order chi connectivity index (χ1) is 9.29. The molecule has 2 atom stereocenters. The first-order valence-corrected chi connectivity index (χ1v) is 7.56. The maximum atomic E-state index is 9.47. The lowest BCUT2D eigenvalue weighted by Gasteiger charge is -2.36. The Kier molecular flexibility index (Phi) is 4.49. The van der Waals surface area contributed by atoms with Crippen molar-refractivity contribution < 1.29 is 9.63 Å². The maximum absolute atomic E-state index is 9.47. The van der Waals surface area contributed by atoms with E-state index in [1.165, 1.54) is 12.8 Å². The second-order valence-corrected chi connectivity index (χ2v) is 7.17. The fourth-order valence-electron chi connectivity index (χ4n) is 2.97. The number of aromatic nitrogens is 2. The smallest absolute Gasteiger partial charge is 0.246 e. The van der Waals surface area contributed by atoms with Crippen LogP contribution in [0.3, 0.4) is 0 Å². The maximum Gasteiger partial charge on any atom is 0.246 e. The van der Waals surface area contributed by atoms with Crippen molar-refractivity contribution in [2.24, 2.45) is 17.1 Å². The zero-order valence-electron chi connectivity index (χ0n) is 13.0. The summed E-state index contributed by atoms with van der Waals surface area (Å²) in [5, 5.41) is 13.5. The molecule has 0 aromatic carbocycles. The molecule has 0 saturated heterocycles. The predicted molar refractivity (Wildman–Crippen MR) is 77.1 cm³/mol. The third kappa shape index (κ3) is 3.38. The van der Waals surface area contributed by atoms with Gasteiger partial charge in [0.25, 0.3) is 0 Å². The summed E-state index contributed by atoms with van der Waals surface area (Å²) in [5.41, 5.74) is 6.19. The van der Waals surface area contributed by atoms with Gasteiger partial charge in [-0.3, -0.25) is 0 Å². The van der Waals surface area contributed by atoms with Crippen LogP contribution in [0.2, 0.25) is 0 Å². The van der Waals surface area contributed by atoms with E-state index in [0.29, 0.717) is 17.2 Å². The van der Waals surface area contributed by atoms with E-state index < -0.39 is 12.1 Å². The van der Waals surface area contributed by atoms with Gasteiger partial charge in [-0.2, -0.15) is 4.98 Å². The van der Waals surface area contributed by atoms with Crippen LogP contribution in [0, 0.1) is 11.3 Å². The highest BCUT2D eigenvalue weighted by Gasteiger charge is 2.32. The van der Waals surface area contributed by atoms with Crippen LogP contribution in [0.4, 0.5) is 0 Å². The molecule has 0 amide bonds. The van der Waals surface area contributed by atoms with Gasteiger partial charge < -0.3 is 15.4 Å². The lowest BCUT2D eigenvalue weighted by molar-refractivity contribution is 0.146. The fourth-order valence-corrected chi connectivity index (χ4v) is 2.97. The molecule has 5 nitrogen and oxygen atoms in total. The minimum Gasteiger partial charge on any atom is -0.391 e. The Bertz CT molecular complexity index is 429.